The van der Waals surface area contributed by atoms with Crippen LogP contribution in [0.4, 0.5) is 0 Å². The van der Waals surface area contributed by atoms with Gasteiger partial charge in [-0.25, -0.2) is 0 Å². The summed E-state index contributed by atoms with van der Waals surface area (Å²) < 4.78 is 0.951. The van der Waals surface area contributed by atoms with Crippen LogP contribution in [0.15, 0.2) is 35.0 Å². The minimum atomic E-state index is 0.903. The molecule has 0 radical (unpaired) electrons. The maximum absolute atomic E-state index is 3.65. The van der Waals surface area contributed by atoms with Gasteiger partial charge in [-0.05, 0) is 28.2 Å². The Labute approximate surface area is 57.8 Å². The topological polar surface area (TPSA) is 0 Å². The Bertz CT molecular complexity index is 111. The van der Waals surface area contributed by atoms with Gasteiger partial charge in [-0.2, -0.15) is 0 Å². The van der Waals surface area contributed by atoms with Gasteiger partial charge in [0.05, 0.1) is 0 Å². The summed E-state index contributed by atoms with van der Waals surface area (Å²) in [5, 5.41) is 0. The van der Waals surface area contributed by atoms with Gasteiger partial charge in [0.15, 0.2) is 0 Å². The quantitative estimate of drug-likeness (QED) is 0.481. The maximum Gasteiger partial charge on any atom is 0.0124 e. The summed E-state index contributed by atoms with van der Waals surface area (Å²) >= 11 is 2.10. The van der Waals surface area contributed by atoms with Crippen molar-refractivity contribution in [1.29, 1.82) is 0 Å². The van der Waals surface area contributed by atoms with E-state index >= 15 is 0 Å². The first-order valence-electron chi connectivity index (χ1n) is 1.84. The van der Waals surface area contributed by atoms with Gasteiger partial charge in [0.1, 0.15) is 0 Å². The molecule has 0 N–H and O–H groups in total. The predicted octanol–water partition coefficient (Wildman–Crippen LogP) is 2.68. The van der Waals surface area contributed by atoms with Gasteiger partial charge in [-0.15, -0.1) is 0 Å². The third-order valence-corrected chi connectivity index (χ3v) is 1.29. The summed E-state index contributed by atoms with van der Waals surface area (Å²) in [5.41, 5.74) is 0.903. The zero-order valence-corrected chi connectivity index (χ0v) is 6.23. The Balaban J connectivity index is 3.81. The molecule has 0 saturated heterocycles. The molecular weight excluding hydrogens is 199 g/mol. The van der Waals surface area contributed by atoms with Crippen LogP contribution in [-0.4, -0.2) is 0 Å². The van der Waals surface area contributed by atoms with Crippen molar-refractivity contribution in [1.82, 2.24) is 0 Å². The van der Waals surface area contributed by atoms with Crippen molar-refractivity contribution in [3.05, 3.63) is 35.0 Å². The molecule has 0 aliphatic carbocycles. The first-order valence-corrected chi connectivity index (χ1v) is 2.92. The Morgan fingerprint density at radius 3 is 1.86 bits per heavy atom. The summed E-state index contributed by atoms with van der Waals surface area (Å²) in [6.07, 6.45) is 1.69. The number of hydrogen-bond donors (Lipinski definition) is 0. The van der Waals surface area contributed by atoms with Crippen LogP contribution in [0.5, 0.6) is 0 Å². The lowest BCUT2D eigenvalue weighted by Gasteiger charge is -1.88. The molecule has 0 nitrogen and oxygen atoms in total. The average Bonchev–Trinajstić information content (AvgIpc) is 1.65. The van der Waals surface area contributed by atoms with Crippen molar-refractivity contribution in [2.45, 2.75) is 0 Å². The van der Waals surface area contributed by atoms with Crippen LogP contribution in [0, 0.1) is 0 Å². The molecule has 0 aromatic rings. The van der Waals surface area contributed by atoms with E-state index < -0.39 is 0 Å². The summed E-state index contributed by atoms with van der Waals surface area (Å²) in [7, 11) is 0. The Morgan fingerprint density at radius 1 is 1.43 bits per heavy atom. The largest absolute Gasteiger partial charge is 0.0985 e. The van der Waals surface area contributed by atoms with E-state index in [0.29, 0.717) is 0 Å². The van der Waals surface area contributed by atoms with E-state index in [4.69, 9.17) is 0 Å². The zero-order valence-electron chi connectivity index (χ0n) is 4.08. The van der Waals surface area contributed by atoms with Gasteiger partial charge in [-0.1, -0.05) is 25.8 Å². The Hall–Kier alpha value is -0.0500. The lowest BCUT2D eigenvalue weighted by atomic mass is 10.3. The van der Waals surface area contributed by atoms with E-state index in [1.54, 1.807) is 6.08 Å². The molecule has 0 aliphatic rings. The minimum absolute atomic E-state index is 0.903. The second kappa shape index (κ2) is 3.02. The van der Waals surface area contributed by atoms with Crippen molar-refractivity contribution in [2.24, 2.45) is 0 Å². The SMILES string of the molecule is C=CC(=C)C(=C)I. The molecule has 0 aromatic carbocycles. The molecule has 0 fully saturated rings. The average molecular weight is 206 g/mol. The fourth-order valence-corrected chi connectivity index (χ4v) is 0.331. The highest BCUT2D eigenvalue weighted by Crippen LogP contribution is 2.12. The minimum Gasteiger partial charge on any atom is -0.0985 e. The third-order valence-electron chi connectivity index (χ3n) is 0.595. The molecule has 1 heteroatoms. The predicted molar refractivity (Wildman–Crippen MR) is 42.5 cm³/mol. The first kappa shape index (κ1) is 6.95. The van der Waals surface area contributed by atoms with Crippen LogP contribution in [0.25, 0.3) is 0 Å². The molecule has 0 spiro atoms. The van der Waals surface area contributed by atoms with Crippen LogP contribution in [0.3, 0.4) is 0 Å². The monoisotopic (exact) mass is 206 g/mol. The van der Waals surface area contributed by atoms with E-state index in [9.17, 15) is 0 Å². The van der Waals surface area contributed by atoms with E-state index in [1.807, 2.05) is 0 Å². The second-order valence-electron chi connectivity index (χ2n) is 1.13. The molecule has 0 saturated carbocycles. The van der Waals surface area contributed by atoms with E-state index in [2.05, 4.69) is 42.3 Å². The molecule has 38 valence electrons. The first-order chi connectivity index (χ1) is 3.18. The van der Waals surface area contributed by atoms with E-state index in [-0.39, 0.29) is 0 Å². The Morgan fingerprint density at radius 2 is 1.86 bits per heavy atom. The smallest absolute Gasteiger partial charge is 0.0124 e. The molecule has 0 bridgehead atoms. The molecule has 0 heterocycles. The molecule has 7 heavy (non-hydrogen) atoms. The van der Waals surface area contributed by atoms with Crippen LogP contribution in [0.1, 0.15) is 0 Å². The number of halogens is 1. The van der Waals surface area contributed by atoms with Gasteiger partial charge in [0.2, 0.25) is 0 Å². The van der Waals surface area contributed by atoms with Crippen LogP contribution < -0.4 is 0 Å². The summed E-state index contributed by atoms with van der Waals surface area (Å²) in [6.45, 7) is 10.8. The lowest BCUT2D eigenvalue weighted by Crippen LogP contribution is -1.65. The van der Waals surface area contributed by atoms with Gasteiger partial charge >= 0.3 is 0 Å². The summed E-state index contributed by atoms with van der Waals surface area (Å²) in [4.78, 5) is 0. The number of rotatable bonds is 2. The van der Waals surface area contributed by atoms with Gasteiger partial charge < -0.3 is 0 Å². The molecular formula is C6H7I. The molecule has 0 aliphatic heterocycles. The zero-order chi connectivity index (χ0) is 5.86. The molecule has 0 atom stereocenters. The van der Waals surface area contributed by atoms with Crippen molar-refractivity contribution < 1.29 is 0 Å². The van der Waals surface area contributed by atoms with Crippen molar-refractivity contribution >= 4 is 22.6 Å². The molecule has 0 rings (SSSR count). The van der Waals surface area contributed by atoms with Crippen LogP contribution in [-0.2, 0) is 0 Å². The number of hydrogen-bond acceptors (Lipinski definition) is 0. The summed E-state index contributed by atoms with van der Waals surface area (Å²) in [5.74, 6) is 0. The highest BCUT2D eigenvalue weighted by molar-refractivity contribution is 14.1. The van der Waals surface area contributed by atoms with E-state index in [0.717, 1.165) is 9.15 Å². The number of allylic oxidation sites excluding steroid dienone is 3. The fourth-order valence-electron chi connectivity index (χ4n) is 0.111. The van der Waals surface area contributed by atoms with Crippen LogP contribution in [0.2, 0.25) is 0 Å². The highest BCUT2D eigenvalue weighted by Gasteiger charge is 1.83. The lowest BCUT2D eigenvalue weighted by molar-refractivity contribution is 1.79. The normalized spacial score (nSPS) is 7.57. The molecule has 0 amide bonds. The van der Waals surface area contributed by atoms with Crippen molar-refractivity contribution in [2.75, 3.05) is 0 Å². The van der Waals surface area contributed by atoms with Crippen molar-refractivity contribution in [3.8, 4) is 0 Å². The highest BCUT2D eigenvalue weighted by atomic mass is 127. The third kappa shape index (κ3) is 2.62. The molecule has 0 aromatic heterocycles. The van der Waals surface area contributed by atoms with Gasteiger partial charge in [0.25, 0.3) is 0 Å². The van der Waals surface area contributed by atoms with Gasteiger partial charge in [-0.3, -0.25) is 0 Å². The summed E-state index contributed by atoms with van der Waals surface area (Å²) in [6, 6.07) is 0. The van der Waals surface area contributed by atoms with E-state index in [1.165, 1.54) is 0 Å². The van der Waals surface area contributed by atoms with Crippen LogP contribution >= 0.6 is 22.6 Å². The Kier molecular flexibility index (Phi) is 3.00. The second-order valence-corrected chi connectivity index (χ2v) is 2.44. The maximum atomic E-state index is 3.65. The van der Waals surface area contributed by atoms with Crippen molar-refractivity contribution in [3.63, 3.8) is 0 Å². The molecule has 0 unspecified atom stereocenters. The standard InChI is InChI=1S/C6H7I/c1-4-5(2)6(3)7/h4H,1-3H2. The fraction of sp³-hybridized carbons (Fsp3) is 0. The van der Waals surface area contributed by atoms with Gasteiger partial charge in [0, 0.05) is 3.58 Å².